The van der Waals surface area contributed by atoms with Crippen LogP contribution in [0.2, 0.25) is 0 Å². The second-order valence-electron chi connectivity index (χ2n) is 3.67. The Balaban J connectivity index is 1.98. The number of thiophene rings is 1. The number of rotatable bonds is 4. The summed E-state index contributed by atoms with van der Waals surface area (Å²) in [5, 5.41) is 14.6. The highest BCUT2D eigenvalue weighted by molar-refractivity contribution is 7.16. The average molecular weight is 261 g/mol. The lowest BCUT2D eigenvalue weighted by atomic mass is 10.2. The molecule has 1 aromatic carbocycles. The van der Waals surface area contributed by atoms with E-state index in [0.29, 0.717) is 0 Å². The molecule has 0 aliphatic heterocycles. The number of benzene rings is 1. The lowest BCUT2D eigenvalue weighted by Gasteiger charge is -1.99. The van der Waals surface area contributed by atoms with Crippen LogP contribution in [0, 0.1) is 17.0 Å². The Labute approximate surface area is 108 Å². The Morgan fingerprint density at radius 1 is 1.28 bits per heavy atom. The van der Waals surface area contributed by atoms with E-state index >= 15 is 0 Å². The summed E-state index contributed by atoms with van der Waals surface area (Å²) in [5.41, 5.74) is 4.92. The second kappa shape index (κ2) is 5.42. The normalized spacial score (nSPS) is 10.7. The summed E-state index contributed by atoms with van der Waals surface area (Å²) < 4.78 is 0. The van der Waals surface area contributed by atoms with Crippen LogP contribution < -0.4 is 5.43 Å². The van der Waals surface area contributed by atoms with Crippen molar-refractivity contribution < 1.29 is 4.92 Å². The summed E-state index contributed by atoms with van der Waals surface area (Å²) in [6.45, 7) is 2.01. The predicted octanol–water partition coefficient (Wildman–Crippen LogP) is 3.41. The standard InChI is InChI=1S/C12H11N3O2S/c1-9-2-4-10(5-3-9)14-13-8-11-6-7-12(18-11)15(16)17/h2-8,14H,1H3. The Hall–Kier alpha value is -2.21. The van der Waals surface area contributed by atoms with E-state index in [0.717, 1.165) is 21.9 Å². The minimum Gasteiger partial charge on any atom is -0.278 e. The number of nitrogens with one attached hydrogen (secondary N) is 1. The van der Waals surface area contributed by atoms with Crippen LogP contribution in [-0.2, 0) is 0 Å². The molecule has 0 unspecified atom stereocenters. The molecule has 0 aliphatic carbocycles. The van der Waals surface area contributed by atoms with Gasteiger partial charge in [-0.25, -0.2) is 0 Å². The molecule has 0 bridgehead atoms. The van der Waals surface area contributed by atoms with Crippen molar-refractivity contribution in [3.63, 3.8) is 0 Å². The monoisotopic (exact) mass is 261 g/mol. The number of hydrogen-bond acceptors (Lipinski definition) is 5. The van der Waals surface area contributed by atoms with Gasteiger partial charge in [-0.2, -0.15) is 5.10 Å². The van der Waals surface area contributed by atoms with Crippen molar-refractivity contribution >= 4 is 28.2 Å². The molecular weight excluding hydrogens is 250 g/mol. The molecule has 0 saturated carbocycles. The fraction of sp³-hybridized carbons (Fsp3) is 0.0833. The first kappa shape index (κ1) is 12.3. The van der Waals surface area contributed by atoms with E-state index in [1.807, 2.05) is 31.2 Å². The van der Waals surface area contributed by atoms with Crippen LogP contribution >= 0.6 is 11.3 Å². The van der Waals surface area contributed by atoms with Gasteiger partial charge in [0.2, 0.25) is 0 Å². The van der Waals surface area contributed by atoms with Crippen LogP contribution in [0.3, 0.4) is 0 Å². The molecule has 2 aromatic rings. The van der Waals surface area contributed by atoms with Gasteiger partial charge in [-0.1, -0.05) is 29.0 Å². The maximum atomic E-state index is 10.5. The van der Waals surface area contributed by atoms with Crippen molar-refractivity contribution in [2.75, 3.05) is 5.43 Å². The van der Waals surface area contributed by atoms with Crippen LogP contribution in [0.15, 0.2) is 41.5 Å². The summed E-state index contributed by atoms with van der Waals surface area (Å²) in [6.07, 6.45) is 1.57. The SMILES string of the molecule is Cc1ccc(NN=Cc2ccc([N+](=O)[O-])s2)cc1. The number of nitrogens with zero attached hydrogens (tertiary/aromatic N) is 2. The van der Waals surface area contributed by atoms with Gasteiger partial charge in [-0.3, -0.25) is 15.5 Å². The summed E-state index contributed by atoms with van der Waals surface area (Å²) in [7, 11) is 0. The maximum Gasteiger partial charge on any atom is 0.324 e. The molecule has 2 rings (SSSR count). The van der Waals surface area contributed by atoms with Crippen molar-refractivity contribution in [1.82, 2.24) is 0 Å². The molecule has 6 heteroatoms. The van der Waals surface area contributed by atoms with E-state index in [1.165, 1.54) is 11.6 Å². The van der Waals surface area contributed by atoms with Gasteiger partial charge in [0.1, 0.15) is 0 Å². The zero-order chi connectivity index (χ0) is 13.0. The molecule has 1 aromatic heterocycles. The highest BCUT2D eigenvalue weighted by atomic mass is 32.1. The maximum absolute atomic E-state index is 10.5. The van der Waals surface area contributed by atoms with Crippen molar-refractivity contribution in [2.45, 2.75) is 6.92 Å². The van der Waals surface area contributed by atoms with Gasteiger partial charge in [-0.15, -0.1) is 0 Å². The average Bonchev–Trinajstić information content (AvgIpc) is 2.81. The fourth-order valence-corrected chi connectivity index (χ4v) is 2.00. The molecular formula is C12H11N3O2S. The first-order valence-electron chi connectivity index (χ1n) is 5.25. The van der Waals surface area contributed by atoms with Gasteiger partial charge < -0.3 is 0 Å². The molecule has 1 heterocycles. The van der Waals surface area contributed by atoms with E-state index in [2.05, 4.69) is 10.5 Å². The third-order valence-electron chi connectivity index (χ3n) is 2.23. The first-order chi connectivity index (χ1) is 8.65. The van der Waals surface area contributed by atoms with Gasteiger partial charge >= 0.3 is 5.00 Å². The van der Waals surface area contributed by atoms with Gasteiger partial charge in [0, 0.05) is 6.07 Å². The summed E-state index contributed by atoms with van der Waals surface area (Å²) in [6, 6.07) is 10.9. The van der Waals surface area contributed by atoms with Crippen molar-refractivity contribution in [1.29, 1.82) is 0 Å². The summed E-state index contributed by atoms with van der Waals surface area (Å²) in [5.74, 6) is 0. The van der Waals surface area contributed by atoms with Crippen LogP contribution in [0.1, 0.15) is 10.4 Å². The summed E-state index contributed by atoms with van der Waals surface area (Å²) in [4.78, 5) is 10.8. The summed E-state index contributed by atoms with van der Waals surface area (Å²) >= 11 is 1.09. The zero-order valence-corrected chi connectivity index (χ0v) is 10.5. The quantitative estimate of drug-likeness (QED) is 0.521. The number of nitro groups is 1. The molecule has 1 N–H and O–H groups in total. The Morgan fingerprint density at radius 2 is 2.00 bits per heavy atom. The van der Waals surface area contributed by atoms with E-state index in [9.17, 15) is 10.1 Å². The first-order valence-corrected chi connectivity index (χ1v) is 6.07. The molecule has 0 amide bonds. The number of hydrazone groups is 1. The molecule has 0 radical (unpaired) electrons. The molecule has 0 fully saturated rings. The van der Waals surface area contributed by atoms with E-state index in [-0.39, 0.29) is 5.00 Å². The van der Waals surface area contributed by atoms with E-state index in [1.54, 1.807) is 12.3 Å². The van der Waals surface area contributed by atoms with Gasteiger partial charge in [0.15, 0.2) is 0 Å². The molecule has 0 spiro atoms. The molecule has 0 saturated heterocycles. The second-order valence-corrected chi connectivity index (χ2v) is 4.76. The number of hydrogen-bond donors (Lipinski definition) is 1. The lowest BCUT2D eigenvalue weighted by molar-refractivity contribution is -0.380. The predicted molar refractivity (Wildman–Crippen MR) is 73.4 cm³/mol. The fourth-order valence-electron chi connectivity index (χ4n) is 1.31. The largest absolute Gasteiger partial charge is 0.324 e. The molecule has 5 nitrogen and oxygen atoms in total. The van der Waals surface area contributed by atoms with E-state index in [4.69, 9.17) is 0 Å². The Morgan fingerprint density at radius 3 is 2.61 bits per heavy atom. The smallest absolute Gasteiger partial charge is 0.278 e. The van der Waals surface area contributed by atoms with Crippen LogP contribution in [0.5, 0.6) is 0 Å². The minimum absolute atomic E-state index is 0.117. The third-order valence-corrected chi connectivity index (χ3v) is 3.20. The zero-order valence-electron chi connectivity index (χ0n) is 9.66. The van der Waals surface area contributed by atoms with Crippen LogP contribution in [0.25, 0.3) is 0 Å². The minimum atomic E-state index is -0.407. The molecule has 18 heavy (non-hydrogen) atoms. The molecule has 92 valence electrons. The van der Waals surface area contributed by atoms with Gasteiger partial charge in [0.05, 0.1) is 21.7 Å². The number of anilines is 1. The Bertz CT molecular complexity index is 575. The Kier molecular flexibility index (Phi) is 3.69. The third kappa shape index (κ3) is 3.14. The van der Waals surface area contributed by atoms with Gasteiger partial charge in [-0.05, 0) is 25.1 Å². The van der Waals surface area contributed by atoms with Crippen LogP contribution in [-0.4, -0.2) is 11.1 Å². The van der Waals surface area contributed by atoms with Crippen molar-refractivity contribution in [2.24, 2.45) is 5.10 Å². The topological polar surface area (TPSA) is 67.5 Å². The highest BCUT2D eigenvalue weighted by Gasteiger charge is 2.07. The van der Waals surface area contributed by atoms with Crippen LogP contribution in [0.4, 0.5) is 10.7 Å². The molecule has 0 atom stereocenters. The number of aryl methyl sites for hydroxylation is 1. The van der Waals surface area contributed by atoms with Crippen molar-refractivity contribution in [3.05, 3.63) is 57.0 Å². The van der Waals surface area contributed by atoms with E-state index < -0.39 is 4.92 Å². The molecule has 0 aliphatic rings. The van der Waals surface area contributed by atoms with Crippen molar-refractivity contribution in [3.8, 4) is 0 Å². The lowest BCUT2D eigenvalue weighted by Crippen LogP contribution is -1.88. The van der Waals surface area contributed by atoms with Gasteiger partial charge in [0.25, 0.3) is 0 Å². The highest BCUT2D eigenvalue weighted by Crippen LogP contribution is 2.22.